The smallest absolute Gasteiger partial charge is 0.369 e. The Kier molecular flexibility index (Phi) is 10.9. The summed E-state index contributed by atoms with van der Waals surface area (Å²) in [4.78, 5) is 55.6. The first-order valence-corrected chi connectivity index (χ1v) is 17.7. The Hall–Kier alpha value is -1.23. The van der Waals surface area contributed by atoms with E-state index in [9.17, 15) is 28.3 Å². The summed E-state index contributed by atoms with van der Waals surface area (Å²) in [6, 6.07) is 0. The molecule has 1 saturated heterocycles. The number of nitrogen functional groups attached to an aromatic ring is 1. The van der Waals surface area contributed by atoms with Crippen LogP contribution in [0.1, 0.15) is 18.2 Å². The average Bonchev–Trinajstić information content (AvgIpc) is 3.35. The summed E-state index contributed by atoms with van der Waals surface area (Å²) in [5, 5.41) is 0.126. The molecule has 0 aliphatic carbocycles. The highest BCUT2D eigenvalue weighted by Crippen LogP contribution is 2.66. The Morgan fingerprint density at radius 3 is 2.62 bits per heavy atom. The van der Waals surface area contributed by atoms with Gasteiger partial charge in [0.05, 0.1) is 30.2 Å². The lowest BCUT2D eigenvalue weighted by Crippen LogP contribution is -2.28. The molecule has 5 atom stereocenters. The highest BCUT2D eigenvalue weighted by atomic mass is 33.1. The van der Waals surface area contributed by atoms with Crippen LogP contribution >= 0.6 is 45.1 Å². The van der Waals surface area contributed by atoms with Gasteiger partial charge in [-0.25, -0.2) is 13.7 Å². The highest BCUT2D eigenvalue weighted by molar-refractivity contribution is 8.76. The van der Waals surface area contributed by atoms with E-state index in [1.54, 1.807) is 0 Å². The van der Waals surface area contributed by atoms with Gasteiger partial charge in [0.1, 0.15) is 18.3 Å². The van der Waals surface area contributed by atoms with Gasteiger partial charge >= 0.3 is 23.5 Å². The number of nitrogens with one attached hydrogen (secondary N) is 1. The van der Waals surface area contributed by atoms with Gasteiger partial charge in [0.25, 0.3) is 5.56 Å². The maximum absolute atomic E-state index is 12.6. The Morgan fingerprint density at radius 2 is 1.97 bits per heavy atom. The molecule has 218 valence electrons. The number of aromatic amines is 1. The van der Waals surface area contributed by atoms with Gasteiger partial charge in [0, 0.05) is 12.6 Å². The molecular weight excluding hydrogens is 627 g/mol. The van der Waals surface area contributed by atoms with Crippen molar-refractivity contribution in [3.63, 3.8) is 0 Å². The van der Waals surface area contributed by atoms with Crippen LogP contribution in [0.4, 0.5) is 5.95 Å². The second kappa shape index (κ2) is 13.2. The van der Waals surface area contributed by atoms with Crippen LogP contribution in [0.25, 0.3) is 11.0 Å². The van der Waals surface area contributed by atoms with Gasteiger partial charge < -0.3 is 45.1 Å². The van der Waals surface area contributed by atoms with Crippen LogP contribution in [0.2, 0.25) is 0 Å². The molecule has 0 aromatic carbocycles. The number of nitrogens with two attached hydrogens (primary N) is 2. The second-order valence-corrected chi connectivity index (χ2v) is 14.4. The lowest BCUT2D eigenvalue weighted by molar-refractivity contribution is -0.0520. The standard InChI is InChI=1S/C16H24N5O13P3S2/c1-38-39-8-30-10-5-12(21-6-9(3-2-4-17)13-14(21)19-16(18)20-15(13)22)32-11(10)7-31-36(26,27)34-37(28,29)33-35(23,24)25/h6,10-12H,4-5,7-8,17H2,1H3,(H,26,27)(H,28,29)(H2,23,24,25)(H3,18,19,20,22)/t10-,11+,12+/m0/s1. The number of anilines is 1. The third kappa shape index (κ3) is 9.13. The first-order chi connectivity index (χ1) is 18.1. The Bertz CT molecular complexity index is 1450. The quantitative estimate of drug-likeness (QED) is 0.0544. The summed E-state index contributed by atoms with van der Waals surface area (Å²) in [5.74, 6) is 5.44. The number of nitrogens with zero attached hydrogens (tertiary/aromatic N) is 2. The largest absolute Gasteiger partial charge is 0.490 e. The van der Waals surface area contributed by atoms with E-state index in [4.69, 9.17) is 35.3 Å². The molecule has 23 heteroatoms. The summed E-state index contributed by atoms with van der Waals surface area (Å²) >= 11 is 0. The zero-order chi connectivity index (χ0) is 29.0. The van der Waals surface area contributed by atoms with Gasteiger partial charge in [-0.1, -0.05) is 33.4 Å². The van der Waals surface area contributed by atoms with Gasteiger partial charge in [-0.05, 0) is 6.26 Å². The molecule has 2 aromatic rings. The summed E-state index contributed by atoms with van der Waals surface area (Å²) in [7, 11) is -13.9. The van der Waals surface area contributed by atoms with Crippen molar-refractivity contribution in [2.24, 2.45) is 5.73 Å². The number of rotatable bonds is 12. The normalized spacial score (nSPS) is 22.8. The number of aromatic nitrogens is 3. The minimum absolute atomic E-state index is 0.0264. The molecule has 1 fully saturated rings. The van der Waals surface area contributed by atoms with E-state index in [1.165, 1.54) is 32.4 Å². The number of phosphoric ester groups is 1. The van der Waals surface area contributed by atoms with Crippen molar-refractivity contribution in [1.29, 1.82) is 0 Å². The summed E-state index contributed by atoms with van der Waals surface area (Å²) < 4.78 is 60.0. The van der Waals surface area contributed by atoms with E-state index in [0.717, 1.165) is 0 Å². The van der Waals surface area contributed by atoms with Gasteiger partial charge in [-0.3, -0.25) is 14.3 Å². The van der Waals surface area contributed by atoms with Crippen molar-refractivity contribution < 1.29 is 55.9 Å². The third-order valence-corrected chi connectivity index (χ3v) is 10.0. The first-order valence-electron chi connectivity index (χ1n) is 10.4. The fourth-order valence-electron chi connectivity index (χ4n) is 3.46. The van der Waals surface area contributed by atoms with Crippen molar-refractivity contribution in [3.8, 4) is 11.8 Å². The maximum Gasteiger partial charge on any atom is 0.490 e. The predicted octanol–water partition coefficient (Wildman–Crippen LogP) is 0.602. The molecule has 2 aromatic heterocycles. The number of hydrogen-bond donors (Lipinski definition) is 7. The van der Waals surface area contributed by atoms with Crippen molar-refractivity contribution in [2.45, 2.75) is 24.9 Å². The zero-order valence-corrected chi connectivity index (χ0v) is 24.1. The van der Waals surface area contributed by atoms with E-state index < -0.39 is 54.1 Å². The van der Waals surface area contributed by atoms with Crippen LogP contribution in [0.5, 0.6) is 0 Å². The van der Waals surface area contributed by atoms with Gasteiger partial charge in [0.15, 0.2) is 5.65 Å². The average molecular weight is 651 g/mol. The van der Waals surface area contributed by atoms with Crippen LogP contribution in [0.15, 0.2) is 11.0 Å². The van der Waals surface area contributed by atoms with Crippen molar-refractivity contribution in [2.75, 3.05) is 31.1 Å². The molecule has 18 nitrogen and oxygen atoms in total. The van der Waals surface area contributed by atoms with E-state index >= 15 is 0 Å². The van der Waals surface area contributed by atoms with Gasteiger partial charge in [-0.15, -0.1) is 0 Å². The molecule has 0 saturated carbocycles. The van der Waals surface area contributed by atoms with Crippen LogP contribution in [0, 0.1) is 11.8 Å². The van der Waals surface area contributed by atoms with Crippen molar-refractivity contribution >= 4 is 62.0 Å². The molecule has 1 aliphatic rings. The third-order valence-electron chi connectivity index (χ3n) is 4.78. The number of fused-ring (bicyclic) bond motifs is 1. The minimum atomic E-state index is -5.70. The Labute approximate surface area is 227 Å². The Balaban J connectivity index is 1.86. The van der Waals surface area contributed by atoms with E-state index in [2.05, 4.69) is 30.4 Å². The first kappa shape index (κ1) is 32.3. The highest BCUT2D eigenvalue weighted by Gasteiger charge is 2.43. The van der Waals surface area contributed by atoms with E-state index in [-0.39, 0.29) is 35.9 Å². The minimum Gasteiger partial charge on any atom is -0.369 e. The lowest BCUT2D eigenvalue weighted by atomic mass is 10.2. The molecule has 1 aliphatic heterocycles. The number of hydrogen-bond acceptors (Lipinski definition) is 14. The summed E-state index contributed by atoms with van der Waals surface area (Å²) in [6.07, 6.45) is 0.737. The SMILES string of the molecule is CSSCO[C@H]1C[C@H](n2cc(C#CCN)c3c(=O)[nH]c(N)nc32)O[C@@H]1COP(=O)(O)OP(=O)(O)OP(=O)(O)O. The van der Waals surface area contributed by atoms with E-state index in [1.807, 2.05) is 6.26 Å². The molecule has 0 amide bonds. The number of ether oxygens (including phenoxy) is 2. The number of phosphoric acid groups is 3. The van der Waals surface area contributed by atoms with Gasteiger partial charge in [0.2, 0.25) is 5.95 Å². The van der Waals surface area contributed by atoms with E-state index in [0.29, 0.717) is 5.56 Å². The molecule has 2 unspecified atom stereocenters. The molecule has 3 rings (SSSR count). The maximum atomic E-state index is 12.6. The second-order valence-electron chi connectivity index (χ2n) is 7.46. The molecule has 0 bridgehead atoms. The summed E-state index contributed by atoms with van der Waals surface area (Å²) in [5.41, 5.74) is 11.0. The molecule has 9 N–H and O–H groups in total. The molecular formula is C16H24N5O13P3S2. The lowest BCUT2D eigenvalue weighted by Gasteiger charge is -2.21. The van der Waals surface area contributed by atoms with Crippen molar-refractivity contribution in [3.05, 3.63) is 22.1 Å². The summed E-state index contributed by atoms with van der Waals surface area (Å²) in [6.45, 7) is -0.706. The zero-order valence-electron chi connectivity index (χ0n) is 19.8. The van der Waals surface area contributed by atoms with Crippen molar-refractivity contribution in [1.82, 2.24) is 14.5 Å². The number of H-pyrrole nitrogens is 1. The molecule has 0 radical (unpaired) electrons. The molecule has 39 heavy (non-hydrogen) atoms. The predicted molar refractivity (Wildman–Crippen MR) is 140 cm³/mol. The van der Waals surface area contributed by atoms with Crippen LogP contribution < -0.4 is 17.0 Å². The molecule has 3 heterocycles. The fraction of sp³-hybridized carbons (Fsp3) is 0.500. The van der Waals surface area contributed by atoms with Crippen LogP contribution in [0.3, 0.4) is 0 Å². The monoisotopic (exact) mass is 651 g/mol. The van der Waals surface area contributed by atoms with Crippen LogP contribution in [-0.4, -0.2) is 71.7 Å². The topological polar surface area (TPSA) is 281 Å². The molecule has 0 spiro atoms. The van der Waals surface area contributed by atoms with Crippen LogP contribution in [-0.2, 0) is 36.3 Å². The fourth-order valence-corrected chi connectivity index (χ4v) is 7.28. The Morgan fingerprint density at radius 1 is 1.26 bits per heavy atom. The van der Waals surface area contributed by atoms with Gasteiger partial charge in [-0.2, -0.15) is 13.6 Å².